The number of aryl methyl sites for hydroxylation is 2. The summed E-state index contributed by atoms with van der Waals surface area (Å²) in [6, 6.07) is 7.62. The zero-order valence-corrected chi connectivity index (χ0v) is 11.3. The quantitative estimate of drug-likeness (QED) is 0.856. The van der Waals surface area contributed by atoms with Gasteiger partial charge >= 0.3 is 0 Å². The third-order valence-corrected chi connectivity index (χ3v) is 2.89. The molecule has 0 saturated carbocycles. The van der Waals surface area contributed by atoms with Crippen LogP contribution in [0.15, 0.2) is 34.9 Å². The molecule has 0 aliphatic carbocycles. The maximum atomic E-state index is 5.85. The summed E-state index contributed by atoms with van der Waals surface area (Å²) in [6.07, 6.45) is 1.76. The molecule has 88 valence electrons. The lowest BCUT2D eigenvalue weighted by Crippen LogP contribution is -1.95. The van der Waals surface area contributed by atoms with Gasteiger partial charge in [-0.2, -0.15) is 0 Å². The van der Waals surface area contributed by atoms with E-state index in [4.69, 9.17) is 10.5 Å². The van der Waals surface area contributed by atoms with Crippen molar-refractivity contribution in [2.75, 3.05) is 5.73 Å². The van der Waals surface area contributed by atoms with E-state index in [-0.39, 0.29) is 0 Å². The first-order valence-corrected chi connectivity index (χ1v) is 6.01. The van der Waals surface area contributed by atoms with Crippen molar-refractivity contribution in [3.8, 4) is 11.6 Å². The van der Waals surface area contributed by atoms with Crippen molar-refractivity contribution >= 4 is 21.6 Å². The molecule has 0 amide bonds. The number of pyridine rings is 1. The van der Waals surface area contributed by atoms with Crippen LogP contribution < -0.4 is 10.5 Å². The summed E-state index contributed by atoms with van der Waals surface area (Å²) in [5.74, 6) is 1.15. The normalized spacial score (nSPS) is 10.3. The zero-order valence-electron chi connectivity index (χ0n) is 9.70. The summed E-state index contributed by atoms with van der Waals surface area (Å²) in [7, 11) is 0. The molecule has 0 aliphatic heterocycles. The predicted octanol–water partition coefficient (Wildman–Crippen LogP) is 3.84. The van der Waals surface area contributed by atoms with Gasteiger partial charge in [-0.3, -0.25) is 0 Å². The Kier molecular flexibility index (Phi) is 3.33. The molecular formula is C13H13BrN2O. The van der Waals surface area contributed by atoms with Gasteiger partial charge in [-0.25, -0.2) is 4.98 Å². The van der Waals surface area contributed by atoms with Crippen LogP contribution in [0.3, 0.4) is 0 Å². The molecular weight excluding hydrogens is 280 g/mol. The molecule has 1 heterocycles. The number of benzene rings is 1. The maximum Gasteiger partial charge on any atom is 0.233 e. The van der Waals surface area contributed by atoms with Crippen LogP contribution in [0.1, 0.15) is 11.1 Å². The highest BCUT2D eigenvalue weighted by atomic mass is 79.9. The van der Waals surface area contributed by atoms with Crippen molar-refractivity contribution in [2.45, 2.75) is 13.8 Å². The second-order valence-electron chi connectivity index (χ2n) is 3.94. The Morgan fingerprint density at radius 2 is 1.94 bits per heavy atom. The summed E-state index contributed by atoms with van der Waals surface area (Å²) in [6.45, 7) is 3.96. The molecule has 2 N–H and O–H groups in total. The van der Waals surface area contributed by atoms with E-state index in [1.807, 2.05) is 38.1 Å². The van der Waals surface area contributed by atoms with Crippen LogP contribution in [0.4, 0.5) is 5.69 Å². The lowest BCUT2D eigenvalue weighted by Gasteiger charge is -2.10. The average Bonchev–Trinajstić information content (AvgIpc) is 2.27. The van der Waals surface area contributed by atoms with Crippen molar-refractivity contribution in [3.63, 3.8) is 0 Å². The molecule has 2 aromatic rings. The highest BCUT2D eigenvalue weighted by molar-refractivity contribution is 9.10. The Labute approximate surface area is 109 Å². The van der Waals surface area contributed by atoms with Gasteiger partial charge < -0.3 is 10.5 Å². The van der Waals surface area contributed by atoms with Gasteiger partial charge in [0.1, 0.15) is 0 Å². The van der Waals surface area contributed by atoms with E-state index in [0.29, 0.717) is 17.3 Å². The number of ether oxygens (including phenoxy) is 1. The number of hydrogen-bond acceptors (Lipinski definition) is 3. The van der Waals surface area contributed by atoms with Crippen molar-refractivity contribution < 1.29 is 4.74 Å². The first-order chi connectivity index (χ1) is 8.06. The Morgan fingerprint density at radius 1 is 1.18 bits per heavy atom. The Balaban J connectivity index is 2.34. The fraction of sp³-hybridized carbons (Fsp3) is 0.154. The highest BCUT2D eigenvalue weighted by Crippen LogP contribution is 2.31. The van der Waals surface area contributed by atoms with E-state index in [0.717, 1.165) is 15.6 Å². The minimum absolute atomic E-state index is 0.521. The van der Waals surface area contributed by atoms with Crippen molar-refractivity contribution in [3.05, 3.63) is 46.1 Å². The summed E-state index contributed by atoms with van der Waals surface area (Å²) < 4.78 is 6.51. The lowest BCUT2D eigenvalue weighted by molar-refractivity contribution is 0.461. The molecule has 0 bridgehead atoms. The van der Waals surface area contributed by atoms with Crippen LogP contribution in [-0.2, 0) is 0 Å². The lowest BCUT2D eigenvalue weighted by atomic mass is 10.2. The number of rotatable bonds is 2. The number of anilines is 1. The molecule has 4 heteroatoms. The van der Waals surface area contributed by atoms with E-state index in [1.165, 1.54) is 0 Å². The standard InChI is InChI=1S/C13H13BrN2O/c1-8-3-4-11(15)12(6-8)17-13-10(14)5-9(2)7-16-13/h3-7H,15H2,1-2H3. The van der Waals surface area contributed by atoms with Crippen LogP contribution in [0.25, 0.3) is 0 Å². The second kappa shape index (κ2) is 4.75. The topological polar surface area (TPSA) is 48.1 Å². The molecule has 0 aliphatic rings. The smallest absolute Gasteiger partial charge is 0.233 e. The van der Waals surface area contributed by atoms with E-state index >= 15 is 0 Å². The molecule has 1 aromatic carbocycles. The van der Waals surface area contributed by atoms with Gasteiger partial charge in [0.15, 0.2) is 5.75 Å². The SMILES string of the molecule is Cc1cnc(Oc2cc(C)ccc2N)c(Br)c1. The van der Waals surface area contributed by atoms with Gasteiger partial charge in [-0.05, 0) is 59.1 Å². The van der Waals surface area contributed by atoms with Crippen molar-refractivity contribution in [1.29, 1.82) is 0 Å². The predicted molar refractivity (Wildman–Crippen MR) is 72.3 cm³/mol. The van der Waals surface area contributed by atoms with Crippen LogP contribution in [0.2, 0.25) is 0 Å². The van der Waals surface area contributed by atoms with Gasteiger partial charge in [0.2, 0.25) is 5.88 Å². The monoisotopic (exact) mass is 292 g/mol. The van der Waals surface area contributed by atoms with E-state index < -0.39 is 0 Å². The number of aromatic nitrogens is 1. The molecule has 2 rings (SSSR count). The molecule has 0 spiro atoms. The van der Waals surface area contributed by atoms with Gasteiger partial charge in [0, 0.05) is 6.20 Å². The average molecular weight is 293 g/mol. The summed E-state index contributed by atoms with van der Waals surface area (Å²) >= 11 is 3.42. The van der Waals surface area contributed by atoms with Crippen LogP contribution in [-0.4, -0.2) is 4.98 Å². The largest absolute Gasteiger partial charge is 0.436 e. The first kappa shape index (κ1) is 11.9. The van der Waals surface area contributed by atoms with Gasteiger partial charge in [0.05, 0.1) is 10.2 Å². The highest BCUT2D eigenvalue weighted by Gasteiger charge is 2.07. The molecule has 0 saturated heterocycles. The molecule has 0 radical (unpaired) electrons. The Morgan fingerprint density at radius 3 is 2.65 bits per heavy atom. The fourth-order valence-corrected chi connectivity index (χ4v) is 1.97. The van der Waals surface area contributed by atoms with Gasteiger partial charge in [-0.15, -0.1) is 0 Å². The zero-order chi connectivity index (χ0) is 12.4. The molecule has 1 aromatic heterocycles. The minimum atomic E-state index is 0.521. The van der Waals surface area contributed by atoms with E-state index in [1.54, 1.807) is 6.20 Å². The van der Waals surface area contributed by atoms with Gasteiger partial charge in [0.25, 0.3) is 0 Å². The van der Waals surface area contributed by atoms with Crippen LogP contribution in [0, 0.1) is 13.8 Å². The number of halogens is 1. The van der Waals surface area contributed by atoms with Crippen LogP contribution >= 0.6 is 15.9 Å². The van der Waals surface area contributed by atoms with Crippen molar-refractivity contribution in [1.82, 2.24) is 4.98 Å². The van der Waals surface area contributed by atoms with Crippen LogP contribution in [0.5, 0.6) is 11.6 Å². The van der Waals surface area contributed by atoms with Crippen molar-refractivity contribution in [2.24, 2.45) is 0 Å². The molecule has 3 nitrogen and oxygen atoms in total. The fourth-order valence-electron chi connectivity index (χ4n) is 1.43. The first-order valence-electron chi connectivity index (χ1n) is 5.22. The Hall–Kier alpha value is -1.55. The minimum Gasteiger partial charge on any atom is -0.436 e. The third-order valence-electron chi connectivity index (χ3n) is 2.32. The number of nitrogens with zero attached hydrogens (tertiary/aromatic N) is 1. The third kappa shape index (κ3) is 2.77. The number of nitrogens with two attached hydrogens (primary N) is 1. The molecule has 17 heavy (non-hydrogen) atoms. The molecule has 0 atom stereocenters. The van der Waals surface area contributed by atoms with E-state index in [2.05, 4.69) is 20.9 Å². The second-order valence-corrected chi connectivity index (χ2v) is 4.80. The maximum absolute atomic E-state index is 5.85. The van der Waals surface area contributed by atoms with Gasteiger partial charge in [-0.1, -0.05) is 6.07 Å². The molecule has 0 fully saturated rings. The Bertz CT molecular complexity index is 555. The summed E-state index contributed by atoms with van der Waals surface area (Å²) in [5, 5.41) is 0. The van der Waals surface area contributed by atoms with E-state index in [9.17, 15) is 0 Å². The summed E-state index contributed by atoms with van der Waals surface area (Å²) in [4.78, 5) is 4.22. The number of hydrogen-bond donors (Lipinski definition) is 1. The number of nitrogen functional groups attached to an aromatic ring is 1. The summed E-state index contributed by atoms with van der Waals surface area (Å²) in [5.41, 5.74) is 8.62. The molecule has 0 unspecified atom stereocenters.